The van der Waals surface area contributed by atoms with E-state index in [9.17, 15) is 0 Å². The van der Waals surface area contributed by atoms with Gasteiger partial charge < -0.3 is 10.1 Å². The molecule has 0 aliphatic heterocycles. The van der Waals surface area contributed by atoms with Crippen molar-refractivity contribution < 1.29 is 4.74 Å². The Morgan fingerprint density at radius 2 is 1.40 bits per heavy atom. The molecule has 2 aromatic rings. The highest BCUT2D eigenvalue weighted by Crippen LogP contribution is 2.23. The number of benzene rings is 2. The third-order valence-corrected chi connectivity index (χ3v) is 3.07. The summed E-state index contributed by atoms with van der Waals surface area (Å²) in [6.45, 7) is 10.4. The molecular weight excluding hydrogens is 246 g/mol. The van der Waals surface area contributed by atoms with E-state index >= 15 is 0 Å². The molecule has 1 N–H and O–H groups in total. The van der Waals surface area contributed by atoms with Gasteiger partial charge in [0.25, 0.3) is 0 Å². The average Bonchev–Trinajstić information content (AvgIpc) is 2.35. The van der Waals surface area contributed by atoms with E-state index < -0.39 is 0 Å². The molecule has 0 heterocycles. The first kappa shape index (κ1) is 14.4. The van der Waals surface area contributed by atoms with Gasteiger partial charge in [0.15, 0.2) is 0 Å². The van der Waals surface area contributed by atoms with Crippen LogP contribution in [0.15, 0.2) is 42.5 Å². The SMILES string of the molecule is Cc1ccc(Nc2ccc(OC(C)(C)C)cc2)cc1C. The van der Waals surface area contributed by atoms with Crippen molar-refractivity contribution in [3.8, 4) is 5.75 Å². The van der Waals surface area contributed by atoms with Crippen LogP contribution in [0.4, 0.5) is 11.4 Å². The Balaban J connectivity index is 2.08. The van der Waals surface area contributed by atoms with Crippen LogP contribution in [0.1, 0.15) is 31.9 Å². The summed E-state index contributed by atoms with van der Waals surface area (Å²) in [5.41, 5.74) is 4.61. The van der Waals surface area contributed by atoms with E-state index in [2.05, 4.69) is 37.4 Å². The molecular formula is C18H23NO. The number of anilines is 2. The quantitative estimate of drug-likeness (QED) is 0.824. The Kier molecular flexibility index (Phi) is 4.03. The summed E-state index contributed by atoms with van der Waals surface area (Å²) < 4.78 is 5.81. The number of aryl methyl sites for hydroxylation is 2. The third-order valence-electron chi connectivity index (χ3n) is 3.07. The maximum Gasteiger partial charge on any atom is 0.120 e. The minimum atomic E-state index is -0.164. The van der Waals surface area contributed by atoms with E-state index in [1.807, 2.05) is 45.0 Å². The predicted molar refractivity (Wildman–Crippen MR) is 86.0 cm³/mol. The van der Waals surface area contributed by atoms with Gasteiger partial charge in [-0.25, -0.2) is 0 Å². The molecule has 0 aromatic heterocycles. The molecule has 0 amide bonds. The molecule has 0 radical (unpaired) electrons. The second-order valence-corrected chi connectivity index (χ2v) is 6.16. The molecule has 20 heavy (non-hydrogen) atoms. The van der Waals surface area contributed by atoms with E-state index in [1.165, 1.54) is 11.1 Å². The van der Waals surface area contributed by atoms with Gasteiger partial charge in [-0.1, -0.05) is 6.07 Å². The molecule has 0 atom stereocenters. The molecule has 0 spiro atoms. The first-order valence-electron chi connectivity index (χ1n) is 6.97. The van der Waals surface area contributed by atoms with Gasteiger partial charge in [0, 0.05) is 11.4 Å². The highest BCUT2D eigenvalue weighted by Gasteiger charge is 2.11. The Morgan fingerprint density at radius 3 is 1.95 bits per heavy atom. The fourth-order valence-corrected chi connectivity index (χ4v) is 1.95. The number of hydrogen-bond donors (Lipinski definition) is 1. The van der Waals surface area contributed by atoms with Gasteiger partial charge in [-0.05, 0) is 82.1 Å². The minimum absolute atomic E-state index is 0.164. The molecule has 2 aromatic carbocycles. The zero-order valence-corrected chi connectivity index (χ0v) is 12.9. The molecule has 0 saturated carbocycles. The average molecular weight is 269 g/mol. The molecule has 106 valence electrons. The van der Waals surface area contributed by atoms with Crippen LogP contribution < -0.4 is 10.1 Å². The lowest BCUT2D eigenvalue weighted by molar-refractivity contribution is 0.131. The van der Waals surface area contributed by atoms with Gasteiger partial charge >= 0.3 is 0 Å². The second-order valence-electron chi connectivity index (χ2n) is 6.16. The standard InChI is InChI=1S/C18H23NO/c1-13-6-7-16(12-14(13)2)19-15-8-10-17(11-9-15)20-18(3,4)5/h6-12,19H,1-5H3. The van der Waals surface area contributed by atoms with Crippen LogP contribution >= 0.6 is 0 Å². The molecule has 2 nitrogen and oxygen atoms in total. The lowest BCUT2D eigenvalue weighted by Gasteiger charge is -2.21. The monoisotopic (exact) mass is 269 g/mol. The Morgan fingerprint density at radius 1 is 0.800 bits per heavy atom. The summed E-state index contributed by atoms with van der Waals surface area (Å²) in [6.07, 6.45) is 0. The maximum atomic E-state index is 5.81. The molecule has 0 aliphatic carbocycles. The van der Waals surface area contributed by atoms with Crippen molar-refractivity contribution in [2.45, 2.75) is 40.2 Å². The van der Waals surface area contributed by atoms with Crippen LogP contribution in [0, 0.1) is 13.8 Å². The van der Waals surface area contributed by atoms with Crippen LogP contribution in [0.25, 0.3) is 0 Å². The molecule has 2 rings (SSSR count). The van der Waals surface area contributed by atoms with Crippen LogP contribution in [0.2, 0.25) is 0 Å². The lowest BCUT2D eigenvalue weighted by atomic mass is 10.1. The fraction of sp³-hybridized carbons (Fsp3) is 0.333. The summed E-state index contributed by atoms with van der Waals surface area (Å²) in [6, 6.07) is 14.5. The van der Waals surface area contributed by atoms with E-state index in [0.717, 1.165) is 17.1 Å². The highest BCUT2D eigenvalue weighted by atomic mass is 16.5. The van der Waals surface area contributed by atoms with Gasteiger partial charge in [-0.2, -0.15) is 0 Å². The largest absolute Gasteiger partial charge is 0.488 e. The fourth-order valence-electron chi connectivity index (χ4n) is 1.95. The van der Waals surface area contributed by atoms with E-state index in [4.69, 9.17) is 4.74 Å². The molecule has 2 heteroatoms. The van der Waals surface area contributed by atoms with Crippen molar-refractivity contribution >= 4 is 11.4 Å². The van der Waals surface area contributed by atoms with Gasteiger partial charge in [0.1, 0.15) is 11.4 Å². The zero-order chi connectivity index (χ0) is 14.8. The van der Waals surface area contributed by atoms with Crippen LogP contribution in [-0.2, 0) is 0 Å². The molecule has 0 fully saturated rings. The van der Waals surface area contributed by atoms with Crippen molar-refractivity contribution in [3.05, 3.63) is 53.6 Å². The first-order chi connectivity index (χ1) is 9.33. The number of nitrogens with one attached hydrogen (secondary N) is 1. The Labute approximate surface area is 121 Å². The number of ether oxygens (including phenoxy) is 1. The lowest BCUT2D eigenvalue weighted by Crippen LogP contribution is -2.22. The Hall–Kier alpha value is -1.96. The first-order valence-corrected chi connectivity index (χ1v) is 6.97. The molecule has 0 aliphatic rings. The summed E-state index contributed by atoms with van der Waals surface area (Å²) in [5, 5.41) is 3.41. The number of rotatable bonds is 3. The highest BCUT2D eigenvalue weighted by molar-refractivity contribution is 5.61. The van der Waals surface area contributed by atoms with Crippen molar-refractivity contribution in [3.63, 3.8) is 0 Å². The summed E-state index contributed by atoms with van der Waals surface area (Å²) in [4.78, 5) is 0. The molecule has 0 bridgehead atoms. The van der Waals surface area contributed by atoms with Crippen LogP contribution in [0.5, 0.6) is 5.75 Å². The topological polar surface area (TPSA) is 21.3 Å². The van der Waals surface area contributed by atoms with Crippen molar-refractivity contribution in [2.75, 3.05) is 5.32 Å². The van der Waals surface area contributed by atoms with Gasteiger partial charge in [-0.15, -0.1) is 0 Å². The van der Waals surface area contributed by atoms with Gasteiger partial charge in [0.05, 0.1) is 0 Å². The second kappa shape index (κ2) is 5.58. The molecule has 0 saturated heterocycles. The van der Waals surface area contributed by atoms with Crippen LogP contribution in [0.3, 0.4) is 0 Å². The van der Waals surface area contributed by atoms with E-state index in [0.29, 0.717) is 0 Å². The van der Waals surface area contributed by atoms with E-state index in [1.54, 1.807) is 0 Å². The van der Waals surface area contributed by atoms with Crippen molar-refractivity contribution in [1.82, 2.24) is 0 Å². The van der Waals surface area contributed by atoms with Crippen molar-refractivity contribution in [2.24, 2.45) is 0 Å². The molecule has 0 unspecified atom stereocenters. The van der Waals surface area contributed by atoms with Crippen LogP contribution in [-0.4, -0.2) is 5.60 Å². The third kappa shape index (κ3) is 4.02. The predicted octanol–water partition coefficient (Wildman–Crippen LogP) is 5.22. The van der Waals surface area contributed by atoms with Gasteiger partial charge in [-0.3, -0.25) is 0 Å². The smallest absolute Gasteiger partial charge is 0.120 e. The summed E-state index contributed by atoms with van der Waals surface area (Å²) in [7, 11) is 0. The minimum Gasteiger partial charge on any atom is -0.488 e. The Bertz CT molecular complexity index is 579. The summed E-state index contributed by atoms with van der Waals surface area (Å²) in [5.74, 6) is 0.892. The summed E-state index contributed by atoms with van der Waals surface area (Å²) >= 11 is 0. The van der Waals surface area contributed by atoms with Gasteiger partial charge in [0.2, 0.25) is 0 Å². The van der Waals surface area contributed by atoms with Crippen molar-refractivity contribution in [1.29, 1.82) is 0 Å². The normalized spacial score (nSPS) is 11.2. The maximum absolute atomic E-state index is 5.81. The van der Waals surface area contributed by atoms with E-state index in [-0.39, 0.29) is 5.60 Å². The number of hydrogen-bond acceptors (Lipinski definition) is 2. The zero-order valence-electron chi connectivity index (χ0n) is 12.9.